The Hall–Kier alpha value is -1.90. The topological polar surface area (TPSA) is 36.9 Å². The van der Waals surface area contributed by atoms with Crippen LogP contribution in [0.4, 0.5) is 8.78 Å². The number of hydrogen-bond acceptors (Lipinski definition) is 2. The normalized spacial score (nSPS) is 16.6. The van der Waals surface area contributed by atoms with E-state index in [1.807, 2.05) is 12.1 Å². The van der Waals surface area contributed by atoms with Crippen molar-refractivity contribution in [1.29, 1.82) is 0 Å². The Labute approximate surface area is 182 Å². The molecular weight excluding hydrogens is 475 g/mol. The number of nitrogens with one attached hydrogen (secondary N) is 1. The zero-order chi connectivity index (χ0) is 19.2. The molecule has 4 nitrogen and oxygen atoms in total. The van der Waals surface area contributed by atoms with Gasteiger partial charge in [0.1, 0.15) is 17.4 Å². The number of guanidine groups is 1. The molecule has 1 fully saturated rings. The van der Waals surface area contributed by atoms with Crippen LogP contribution in [0.25, 0.3) is 0 Å². The van der Waals surface area contributed by atoms with Crippen LogP contribution in [0.3, 0.4) is 0 Å². The van der Waals surface area contributed by atoms with Crippen molar-refractivity contribution in [2.75, 3.05) is 33.8 Å². The Bertz CT molecular complexity index is 778. The maximum absolute atomic E-state index is 13.7. The molecule has 1 unspecified atom stereocenters. The van der Waals surface area contributed by atoms with Gasteiger partial charge in [-0.25, -0.2) is 8.78 Å². The molecule has 1 heterocycles. The molecule has 2 aromatic rings. The van der Waals surface area contributed by atoms with E-state index in [0.29, 0.717) is 12.5 Å². The van der Waals surface area contributed by atoms with Gasteiger partial charge in [-0.05, 0) is 42.7 Å². The summed E-state index contributed by atoms with van der Waals surface area (Å²) < 4.78 is 32.7. The van der Waals surface area contributed by atoms with E-state index in [-0.39, 0.29) is 36.0 Å². The van der Waals surface area contributed by atoms with E-state index in [9.17, 15) is 8.78 Å². The quantitative estimate of drug-likeness (QED) is 0.379. The van der Waals surface area contributed by atoms with Gasteiger partial charge in [-0.2, -0.15) is 0 Å². The predicted molar refractivity (Wildman–Crippen MR) is 119 cm³/mol. The molecule has 1 aliphatic heterocycles. The van der Waals surface area contributed by atoms with Crippen molar-refractivity contribution < 1.29 is 13.5 Å². The number of methoxy groups -OCH3 is 1. The third kappa shape index (κ3) is 5.33. The summed E-state index contributed by atoms with van der Waals surface area (Å²) in [5, 5.41) is 3.23. The lowest BCUT2D eigenvalue weighted by Gasteiger charge is -2.22. The molecule has 28 heavy (non-hydrogen) atoms. The Morgan fingerprint density at radius 1 is 1.18 bits per heavy atom. The number of ether oxygens (including phenoxy) is 1. The number of aliphatic imine (C=N–C) groups is 1. The van der Waals surface area contributed by atoms with E-state index >= 15 is 0 Å². The largest absolute Gasteiger partial charge is 0.497 e. The van der Waals surface area contributed by atoms with E-state index in [0.717, 1.165) is 31.2 Å². The van der Waals surface area contributed by atoms with E-state index in [1.165, 1.54) is 23.8 Å². The van der Waals surface area contributed by atoms with E-state index in [2.05, 4.69) is 27.3 Å². The fraction of sp³-hybridized carbons (Fsp3) is 0.381. The first-order valence-electron chi connectivity index (χ1n) is 9.14. The van der Waals surface area contributed by atoms with Gasteiger partial charge in [-0.15, -0.1) is 24.0 Å². The van der Waals surface area contributed by atoms with Crippen molar-refractivity contribution in [2.45, 2.75) is 18.8 Å². The van der Waals surface area contributed by atoms with Gasteiger partial charge in [0, 0.05) is 38.2 Å². The Morgan fingerprint density at radius 3 is 2.46 bits per heavy atom. The fourth-order valence-electron chi connectivity index (χ4n) is 3.50. The van der Waals surface area contributed by atoms with Gasteiger partial charge in [-0.1, -0.05) is 18.2 Å². The lowest BCUT2D eigenvalue weighted by Crippen LogP contribution is -2.40. The first kappa shape index (κ1) is 22.4. The summed E-state index contributed by atoms with van der Waals surface area (Å²) >= 11 is 0. The molecule has 0 spiro atoms. The highest BCUT2D eigenvalue weighted by Gasteiger charge is 2.26. The molecule has 1 atom stereocenters. The van der Waals surface area contributed by atoms with Crippen LogP contribution in [0.5, 0.6) is 5.75 Å². The van der Waals surface area contributed by atoms with Crippen LogP contribution in [0, 0.1) is 11.6 Å². The highest BCUT2D eigenvalue weighted by molar-refractivity contribution is 14.0. The van der Waals surface area contributed by atoms with Crippen molar-refractivity contribution in [2.24, 2.45) is 4.99 Å². The Morgan fingerprint density at radius 2 is 1.86 bits per heavy atom. The van der Waals surface area contributed by atoms with Gasteiger partial charge < -0.3 is 15.0 Å². The molecule has 3 rings (SSSR count). The summed E-state index contributed by atoms with van der Waals surface area (Å²) in [5.74, 6) is 1.03. The minimum absolute atomic E-state index is 0. The van der Waals surface area contributed by atoms with Crippen molar-refractivity contribution in [3.8, 4) is 5.75 Å². The standard InChI is InChI=1S/C21H25F2N3O.HI/c1-24-21(25-12-10-18-19(22)4-3-5-20(18)23)26-13-11-16(14-26)15-6-8-17(27-2)9-7-15;/h3-9,16H,10-14H2,1-2H3,(H,24,25);1H. The second kappa shape index (κ2) is 10.6. The number of benzene rings is 2. The highest BCUT2D eigenvalue weighted by Crippen LogP contribution is 2.28. The molecule has 1 N–H and O–H groups in total. The Kier molecular flexibility index (Phi) is 8.47. The van der Waals surface area contributed by atoms with Crippen LogP contribution < -0.4 is 10.1 Å². The van der Waals surface area contributed by atoms with E-state index in [4.69, 9.17) is 4.74 Å². The van der Waals surface area contributed by atoms with Crippen LogP contribution in [0.2, 0.25) is 0 Å². The molecule has 0 radical (unpaired) electrons. The van der Waals surface area contributed by atoms with E-state index < -0.39 is 11.6 Å². The monoisotopic (exact) mass is 501 g/mol. The molecule has 0 amide bonds. The minimum Gasteiger partial charge on any atom is -0.497 e. The first-order valence-corrected chi connectivity index (χ1v) is 9.14. The molecule has 1 saturated heterocycles. The number of rotatable bonds is 5. The SMILES string of the molecule is CN=C(NCCc1c(F)cccc1F)N1CCC(c2ccc(OC)cc2)C1.I. The molecule has 0 aliphatic carbocycles. The van der Waals surface area contributed by atoms with Gasteiger partial charge in [0.05, 0.1) is 7.11 Å². The fourth-order valence-corrected chi connectivity index (χ4v) is 3.50. The summed E-state index contributed by atoms with van der Waals surface area (Å²) in [6.45, 7) is 2.18. The van der Waals surface area contributed by atoms with Gasteiger partial charge >= 0.3 is 0 Å². The Balaban J connectivity index is 0.00000280. The van der Waals surface area contributed by atoms with Gasteiger partial charge in [0.15, 0.2) is 5.96 Å². The molecular formula is C21H26F2IN3O. The number of hydrogen-bond donors (Lipinski definition) is 1. The molecule has 0 saturated carbocycles. The average Bonchev–Trinajstić information content (AvgIpc) is 3.17. The maximum Gasteiger partial charge on any atom is 0.193 e. The lowest BCUT2D eigenvalue weighted by molar-refractivity contribution is 0.414. The summed E-state index contributed by atoms with van der Waals surface area (Å²) in [6, 6.07) is 12.1. The summed E-state index contributed by atoms with van der Waals surface area (Å²) in [6.07, 6.45) is 1.31. The molecule has 152 valence electrons. The van der Waals surface area contributed by atoms with Gasteiger partial charge in [0.25, 0.3) is 0 Å². The lowest BCUT2D eigenvalue weighted by atomic mass is 9.98. The maximum atomic E-state index is 13.7. The summed E-state index contributed by atoms with van der Waals surface area (Å²) in [5.41, 5.74) is 1.39. The second-order valence-corrected chi connectivity index (χ2v) is 6.63. The van der Waals surface area contributed by atoms with Crippen molar-refractivity contribution in [3.05, 3.63) is 65.2 Å². The molecule has 7 heteroatoms. The molecule has 0 bridgehead atoms. The summed E-state index contributed by atoms with van der Waals surface area (Å²) in [7, 11) is 3.39. The smallest absolute Gasteiger partial charge is 0.193 e. The predicted octanol–water partition coefficient (Wildman–Crippen LogP) is 4.20. The van der Waals surface area contributed by atoms with Crippen molar-refractivity contribution in [3.63, 3.8) is 0 Å². The van der Waals surface area contributed by atoms with Crippen LogP contribution in [0.15, 0.2) is 47.5 Å². The van der Waals surface area contributed by atoms with Crippen LogP contribution in [0.1, 0.15) is 23.5 Å². The van der Waals surface area contributed by atoms with Gasteiger partial charge in [-0.3, -0.25) is 4.99 Å². The van der Waals surface area contributed by atoms with Gasteiger partial charge in [0.2, 0.25) is 0 Å². The summed E-state index contributed by atoms with van der Waals surface area (Å²) in [4.78, 5) is 6.51. The second-order valence-electron chi connectivity index (χ2n) is 6.63. The number of nitrogens with zero attached hydrogens (tertiary/aromatic N) is 2. The van der Waals surface area contributed by atoms with Crippen LogP contribution in [-0.2, 0) is 6.42 Å². The highest BCUT2D eigenvalue weighted by atomic mass is 127. The average molecular weight is 501 g/mol. The third-order valence-electron chi connectivity index (χ3n) is 5.01. The third-order valence-corrected chi connectivity index (χ3v) is 5.01. The zero-order valence-corrected chi connectivity index (χ0v) is 18.5. The molecule has 1 aliphatic rings. The number of halogens is 3. The van der Waals surface area contributed by atoms with Crippen molar-refractivity contribution in [1.82, 2.24) is 10.2 Å². The minimum atomic E-state index is -0.507. The van der Waals surface area contributed by atoms with Crippen LogP contribution in [-0.4, -0.2) is 44.7 Å². The molecule has 0 aromatic heterocycles. The zero-order valence-electron chi connectivity index (χ0n) is 16.1. The number of likely N-dealkylation sites (tertiary alicyclic amines) is 1. The van der Waals surface area contributed by atoms with Crippen LogP contribution >= 0.6 is 24.0 Å². The van der Waals surface area contributed by atoms with Crippen molar-refractivity contribution >= 4 is 29.9 Å². The van der Waals surface area contributed by atoms with E-state index in [1.54, 1.807) is 14.2 Å². The first-order chi connectivity index (χ1) is 13.1. The molecule has 2 aromatic carbocycles.